The number of hydrogen-bond acceptors (Lipinski definition) is 3. The van der Waals surface area contributed by atoms with Crippen molar-refractivity contribution in [2.24, 2.45) is 0 Å². The van der Waals surface area contributed by atoms with E-state index < -0.39 is 21.7 Å². The molecule has 0 heterocycles. The van der Waals surface area contributed by atoms with E-state index in [0.717, 1.165) is 12.1 Å². The van der Waals surface area contributed by atoms with Gasteiger partial charge in [-0.3, -0.25) is 0 Å². The highest BCUT2D eigenvalue weighted by Gasteiger charge is 2.14. The van der Waals surface area contributed by atoms with E-state index in [1.165, 1.54) is 16.6 Å². The number of sulfonamides is 1. The Labute approximate surface area is 125 Å². The number of nitrogens with zero attached hydrogens (tertiary/aromatic N) is 1. The quantitative estimate of drug-likeness (QED) is 0.748. The van der Waals surface area contributed by atoms with Gasteiger partial charge in [-0.05, 0) is 38.1 Å². The van der Waals surface area contributed by atoms with E-state index in [9.17, 15) is 17.2 Å². The van der Waals surface area contributed by atoms with Crippen molar-refractivity contribution in [3.8, 4) is 0 Å². The Kier molecular flexibility index (Phi) is 6.70. The van der Waals surface area contributed by atoms with Gasteiger partial charge in [0.15, 0.2) is 0 Å². The summed E-state index contributed by atoms with van der Waals surface area (Å²) in [5.74, 6) is -0.933. The minimum atomic E-state index is -3.18. The van der Waals surface area contributed by atoms with E-state index in [2.05, 4.69) is 5.32 Å². The Morgan fingerprint density at radius 3 is 2.57 bits per heavy atom. The van der Waals surface area contributed by atoms with Gasteiger partial charge in [-0.25, -0.2) is 21.5 Å². The summed E-state index contributed by atoms with van der Waals surface area (Å²) in [6, 6.07) is 3.01. The summed E-state index contributed by atoms with van der Waals surface area (Å²) in [5, 5.41) is 3.07. The second-order valence-corrected chi connectivity index (χ2v) is 6.93. The number of benzene rings is 1. The summed E-state index contributed by atoms with van der Waals surface area (Å²) >= 11 is 0. The lowest BCUT2D eigenvalue weighted by Crippen LogP contribution is -2.32. The van der Waals surface area contributed by atoms with Crippen molar-refractivity contribution >= 4 is 10.0 Å². The van der Waals surface area contributed by atoms with Crippen molar-refractivity contribution < 1.29 is 17.2 Å². The molecule has 0 radical (unpaired) electrons. The molecule has 1 atom stereocenters. The topological polar surface area (TPSA) is 49.4 Å². The van der Waals surface area contributed by atoms with Gasteiger partial charge in [0, 0.05) is 24.7 Å². The number of hydrogen-bond donors (Lipinski definition) is 1. The Hall–Kier alpha value is -1.05. The molecule has 0 saturated carbocycles. The first-order valence-corrected chi connectivity index (χ1v) is 8.74. The first kappa shape index (κ1) is 18.0. The maximum atomic E-state index is 13.6. The van der Waals surface area contributed by atoms with Gasteiger partial charge in [0.25, 0.3) is 0 Å². The molecule has 1 unspecified atom stereocenters. The van der Waals surface area contributed by atoms with E-state index in [1.54, 1.807) is 13.8 Å². The fourth-order valence-corrected chi connectivity index (χ4v) is 3.02. The van der Waals surface area contributed by atoms with E-state index in [0.29, 0.717) is 26.1 Å². The summed E-state index contributed by atoms with van der Waals surface area (Å²) in [6.45, 7) is 4.86. The SMILES string of the molecule is CCN(CCCNC(C)c1cc(F)ccc1F)S(C)(=O)=O. The molecule has 0 bridgehead atoms. The molecule has 0 aliphatic carbocycles. The zero-order valence-corrected chi connectivity index (χ0v) is 13.4. The van der Waals surface area contributed by atoms with Crippen LogP contribution in [0, 0.1) is 11.6 Å². The van der Waals surface area contributed by atoms with E-state index in [4.69, 9.17) is 0 Å². The molecule has 0 aromatic heterocycles. The summed E-state index contributed by atoms with van der Waals surface area (Å²) in [6.07, 6.45) is 1.77. The molecule has 0 saturated heterocycles. The van der Waals surface area contributed by atoms with Gasteiger partial charge in [-0.1, -0.05) is 6.92 Å². The molecule has 120 valence electrons. The van der Waals surface area contributed by atoms with Crippen LogP contribution in [0.25, 0.3) is 0 Å². The van der Waals surface area contributed by atoms with Crippen LogP contribution >= 0.6 is 0 Å². The van der Waals surface area contributed by atoms with Crippen LogP contribution in [-0.4, -0.2) is 38.6 Å². The third-order valence-corrected chi connectivity index (χ3v) is 4.66. The lowest BCUT2D eigenvalue weighted by molar-refractivity contribution is 0.412. The molecule has 7 heteroatoms. The highest BCUT2D eigenvalue weighted by Crippen LogP contribution is 2.17. The van der Waals surface area contributed by atoms with Crippen molar-refractivity contribution in [3.05, 3.63) is 35.4 Å². The van der Waals surface area contributed by atoms with Crippen LogP contribution in [0.5, 0.6) is 0 Å². The Morgan fingerprint density at radius 2 is 2.00 bits per heavy atom. The van der Waals surface area contributed by atoms with Gasteiger partial charge in [0.1, 0.15) is 11.6 Å². The second-order valence-electron chi connectivity index (χ2n) is 4.95. The molecule has 0 aliphatic rings. The van der Waals surface area contributed by atoms with Crippen molar-refractivity contribution in [3.63, 3.8) is 0 Å². The van der Waals surface area contributed by atoms with Gasteiger partial charge in [-0.2, -0.15) is 0 Å². The number of nitrogens with one attached hydrogen (secondary N) is 1. The highest BCUT2D eigenvalue weighted by atomic mass is 32.2. The minimum Gasteiger partial charge on any atom is -0.310 e. The van der Waals surface area contributed by atoms with Gasteiger partial charge in [-0.15, -0.1) is 0 Å². The molecule has 21 heavy (non-hydrogen) atoms. The number of halogens is 2. The molecule has 0 amide bonds. The maximum Gasteiger partial charge on any atom is 0.211 e. The molecule has 0 spiro atoms. The van der Waals surface area contributed by atoms with Crippen LogP contribution in [0.15, 0.2) is 18.2 Å². The molecular formula is C14H22F2N2O2S. The molecule has 1 aromatic rings. The predicted molar refractivity (Wildman–Crippen MR) is 79.5 cm³/mol. The second kappa shape index (κ2) is 7.82. The standard InChI is InChI=1S/C14H22F2N2O2S/c1-4-18(21(3,19)20)9-5-8-17-11(2)13-10-12(15)6-7-14(13)16/h6-7,10-11,17H,4-5,8-9H2,1-3H3. The van der Waals surface area contributed by atoms with Gasteiger partial charge in [0.05, 0.1) is 6.26 Å². The van der Waals surface area contributed by atoms with Crippen LogP contribution in [0.4, 0.5) is 8.78 Å². The third-order valence-electron chi connectivity index (χ3n) is 3.28. The van der Waals surface area contributed by atoms with Crippen molar-refractivity contribution in [2.45, 2.75) is 26.3 Å². The summed E-state index contributed by atoms with van der Waals surface area (Å²) < 4.78 is 50.9. The van der Waals surface area contributed by atoms with E-state index in [-0.39, 0.29) is 11.6 Å². The van der Waals surface area contributed by atoms with Gasteiger partial charge < -0.3 is 5.32 Å². The number of rotatable bonds is 8. The lowest BCUT2D eigenvalue weighted by Gasteiger charge is -2.19. The summed E-state index contributed by atoms with van der Waals surface area (Å²) in [4.78, 5) is 0. The smallest absolute Gasteiger partial charge is 0.211 e. The van der Waals surface area contributed by atoms with Crippen LogP contribution in [0.3, 0.4) is 0 Å². The third kappa shape index (κ3) is 5.68. The predicted octanol–water partition coefficient (Wildman–Crippen LogP) is 2.29. The van der Waals surface area contributed by atoms with Crippen LogP contribution < -0.4 is 5.32 Å². The average molecular weight is 320 g/mol. The average Bonchev–Trinajstić information content (AvgIpc) is 2.39. The zero-order valence-electron chi connectivity index (χ0n) is 12.6. The lowest BCUT2D eigenvalue weighted by atomic mass is 10.1. The van der Waals surface area contributed by atoms with Crippen LogP contribution in [0.1, 0.15) is 31.9 Å². The molecule has 4 nitrogen and oxygen atoms in total. The largest absolute Gasteiger partial charge is 0.310 e. The Bertz CT molecular complexity index is 564. The molecule has 0 aliphatic heterocycles. The monoisotopic (exact) mass is 320 g/mol. The first-order valence-electron chi connectivity index (χ1n) is 6.89. The highest BCUT2D eigenvalue weighted by molar-refractivity contribution is 7.88. The normalized spacial score (nSPS) is 13.6. The Balaban J connectivity index is 2.47. The van der Waals surface area contributed by atoms with Crippen molar-refractivity contribution in [1.82, 2.24) is 9.62 Å². The van der Waals surface area contributed by atoms with E-state index >= 15 is 0 Å². The minimum absolute atomic E-state index is 0.269. The fraction of sp³-hybridized carbons (Fsp3) is 0.571. The molecular weight excluding hydrogens is 298 g/mol. The maximum absolute atomic E-state index is 13.6. The summed E-state index contributed by atoms with van der Waals surface area (Å²) in [5.41, 5.74) is 0.269. The van der Waals surface area contributed by atoms with Crippen LogP contribution in [0.2, 0.25) is 0 Å². The van der Waals surface area contributed by atoms with Crippen molar-refractivity contribution in [1.29, 1.82) is 0 Å². The molecule has 0 fully saturated rings. The van der Waals surface area contributed by atoms with Crippen molar-refractivity contribution in [2.75, 3.05) is 25.9 Å². The summed E-state index contributed by atoms with van der Waals surface area (Å²) in [7, 11) is -3.18. The zero-order chi connectivity index (χ0) is 16.0. The van der Waals surface area contributed by atoms with Gasteiger partial charge >= 0.3 is 0 Å². The molecule has 1 aromatic carbocycles. The van der Waals surface area contributed by atoms with E-state index in [1.807, 2.05) is 0 Å². The van der Waals surface area contributed by atoms with Gasteiger partial charge in [0.2, 0.25) is 10.0 Å². The Morgan fingerprint density at radius 1 is 1.33 bits per heavy atom. The van der Waals surface area contributed by atoms with Crippen LogP contribution in [-0.2, 0) is 10.0 Å². The fourth-order valence-electron chi connectivity index (χ4n) is 2.09. The first-order chi connectivity index (χ1) is 9.75. The molecule has 1 N–H and O–H groups in total. The molecule has 1 rings (SSSR count).